The fraction of sp³-hybridized carbons (Fsp3) is 0. The van der Waals surface area contributed by atoms with Crippen molar-refractivity contribution in [2.45, 2.75) is 0 Å². The monoisotopic (exact) mass is 96.0 g/mol. The van der Waals surface area contributed by atoms with E-state index in [4.69, 9.17) is 0 Å². The van der Waals surface area contributed by atoms with E-state index in [1.165, 1.54) is 0 Å². The highest BCUT2D eigenvalue weighted by Crippen LogP contribution is 1.89. The van der Waals surface area contributed by atoms with E-state index in [2.05, 4.69) is 12.2 Å². The molecule has 0 aromatic heterocycles. The molecule has 0 heterocycles. The molecular formula is CHFS2. The molecule has 0 aliphatic carbocycles. The van der Waals surface area contributed by atoms with Crippen LogP contribution in [0.25, 0.3) is 0 Å². The zero-order chi connectivity index (χ0) is 3.41. The van der Waals surface area contributed by atoms with Gasteiger partial charge in [-0.2, -0.15) is 3.89 Å². The van der Waals surface area contributed by atoms with Crippen LogP contribution in [0.1, 0.15) is 0 Å². The molecule has 0 aromatic rings. The summed E-state index contributed by atoms with van der Waals surface area (Å²) in [4.78, 5) is 0. The van der Waals surface area contributed by atoms with Crippen LogP contribution in [-0.2, 0) is 0 Å². The molecule has 0 amide bonds. The van der Waals surface area contributed by atoms with Crippen LogP contribution in [-0.4, -0.2) is 4.70 Å². The first kappa shape index (κ1) is 4.37. The van der Waals surface area contributed by atoms with Crippen LogP contribution < -0.4 is 0 Å². The molecule has 0 saturated carbocycles. The van der Waals surface area contributed by atoms with E-state index in [9.17, 15) is 3.89 Å². The van der Waals surface area contributed by atoms with Gasteiger partial charge in [-0.3, -0.25) is 0 Å². The molecule has 0 saturated heterocycles. The maximum absolute atomic E-state index is 10.5. The molecular weight excluding hydrogens is 95.1 g/mol. The van der Waals surface area contributed by atoms with E-state index in [0.29, 0.717) is 0 Å². The molecule has 0 fully saturated rings. The van der Waals surface area contributed by atoms with Crippen LogP contribution in [0.5, 0.6) is 0 Å². The predicted molar refractivity (Wildman–Crippen MR) is 22.4 cm³/mol. The molecule has 0 aliphatic rings. The SMILES string of the molecule is FSC=S. The zero-order valence-electron chi connectivity index (χ0n) is 1.77. The third kappa shape index (κ3) is 2.37. The van der Waals surface area contributed by atoms with E-state index in [-0.39, 0.29) is 12.1 Å². The summed E-state index contributed by atoms with van der Waals surface area (Å²) in [5.74, 6) is 0. The van der Waals surface area contributed by atoms with Gasteiger partial charge in [0.1, 0.15) is 0 Å². The van der Waals surface area contributed by atoms with Gasteiger partial charge in [-0.15, -0.1) is 0 Å². The second-order valence-corrected chi connectivity index (χ2v) is 1.13. The molecule has 4 heavy (non-hydrogen) atoms. The Morgan fingerprint density at radius 1 is 2.00 bits per heavy atom. The van der Waals surface area contributed by atoms with Gasteiger partial charge in [-0.1, -0.05) is 12.2 Å². The van der Waals surface area contributed by atoms with Crippen LogP contribution in [0.4, 0.5) is 3.89 Å². The minimum Gasteiger partial charge on any atom is -0.159 e. The fourth-order valence-electron chi connectivity index (χ4n) is 0. The zero-order valence-corrected chi connectivity index (χ0v) is 3.40. The van der Waals surface area contributed by atoms with Crippen molar-refractivity contribution in [1.82, 2.24) is 0 Å². The smallest absolute Gasteiger partial charge is 0.0850 e. The van der Waals surface area contributed by atoms with Crippen LogP contribution in [0.2, 0.25) is 0 Å². The Morgan fingerprint density at radius 3 is 2.25 bits per heavy atom. The molecule has 0 aliphatic heterocycles. The Balaban J connectivity index is 2.30. The van der Waals surface area contributed by atoms with Gasteiger partial charge in [0.05, 0.1) is 16.8 Å². The summed E-state index contributed by atoms with van der Waals surface area (Å²) in [6.45, 7) is 0. The summed E-state index contributed by atoms with van der Waals surface area (Å²) >= 11 is 4.06. The van der Waals surface area contributed by atoms with E-state index >= 15 is 0 Å². The summed E-state index contributed by atoms with van der Waals surface area (Å²) in [5, 5.41) is 0. The first-order valence-corrected chi connectivity index (χ1v) is 1.88. The molecule has 0 bridgehead atoms. The van der Waals surface area contributed by atoms with E-state index in [1.54, 1.807) is 0 Å². The van der Waals surface area contributed by atoms with Crippen molar-refractivity contribution in [2.75, 3.05) is 0 Å². The molecule has 0 N–H and O–H groups in total. The first-order chi connectivity index (χ1) is 1.91. The lowest BCUT2D eigenvalue weighted by atomic mass is 11.9. The molecule has 24 valence electrons. The van der Waals surface area contributed by atoms with Crippen molar-refractivity contribution in [3.8, 4) is 0 Å². The largest absolute Gasteiger partial charge is 0.159 e. The number of hydrogen-bond donors (Lipinski definition) is 0. The maximum atomic E-state index is 10.5. The highest BCUT2D eigenvalue weighted by Gasteiger charge is 1.54. The van der Waals surface area contributed by atoms with Gasteiger partial charge >= 0.3 is 0 Å². The average Bonchev–Trinajstić information content (AvgIpc) is 1.37. The highest BCUT2D eigenvalue weighted by atomic mass is 32.2. The topological polar surface area (TPSA) is 0 Å². The van der Waals surface area contributed by atoms with Gasteiger partial charge in [0.2, 0.25) is 0 Å². The van der Waals surface area contributed by atoms with Crippen LogP contribution in [0, 0.1) is 0 Å². The summed E-state index contributed by atoms with van der Waals surface area (Å²) in [5.41, 5.74) is 0. The molecule has 0 unspecified atom stereocenters. The summed E-state index contributed by atoms with van der Waals surface area (Å²) in [6, 6.07) is 0. The summed E-state index contributed by atoms with van der Waals surface area (Å²) in [6.07, 6.45) is 0. The normalized spacial score (nSPS) is 6.25. The number of hydrogen-bond acceptors (Lipinski definition) is 2. The van der Waals surface area contributed by atoms with Crippen molar-refractivity contribution in [2.24, 2.45) is 0 Å². The molecule has 0 aromatic carbocycles. The molecule has 0 radical (unpaired) electrons. The van der Waals surface area contributed by atoms with Crippen molar-refractivity contribution >= 4 is 29.1 Å². The lowest BCUT2D eigenvalue weighted by Gasteiger charge is -1.49. The Hall–Kier alpha value is 0.370. The molecule has 0 rings (SSSR count). The van der Waals surface area contributed by atoms with Crippen molar-refractivity contribution in [3.05, 3.63) is 0 Å². The third-order valence-corrected chi connectivity index (χ3v) is 0.327. The highest BCUT2D eigenvalue weighted by molar-refractivity contribution is 8.17. The molecule has 0 nitrogen and oxygen atoms in total. The standard InChI is InChI=1S/CHFS2/c2-4-1-3/h1H. The Kier molecular flexibility index (Phi) is 3.68. The third-order valence-electron chi connectivity index (χ3n) is 0.0364. The van der Waals surface area contributed by atoms with E-state index < -0.39 is 0 Å². The van der Waals surface area contributed by atoms with Crippen molar-refractivity contribution in [1.29, 1.82) is 0 Å². The van der Waals surface area contributed by atoms with Crippen LogP contribution >= 0.6 is 24.4 Å². The first-order valence-electron chi connectivity index (χ1n) is 0.626. The lowest BCUT2D eigenvalue weighted by Crippen LogP contribution is -1.28. The lowest BCUT2D eigenvalue weighted by molar-refractivity contribution is 0.952. The van der Waals surface area contributed by atoms with Crippen molar-refractivity contribution < 1.29 is 3.89 Å². The predicted octanol–water partition coefficient (Wildman–Crippen LogP) is 1.56. The minimum absolute atomic E-state index is 0.0463. The molecule has 3 heteroatoms. The fourth-order valence-corrected chi connectivity index (χ4v) is 0. The van der Waals surface area contributed by atoms with E-state index in [1.807, 2.05) is 0 Å². The maximum Gasteiger partial charge on any atom is 0.0850 e. The van der Waals surface area contributed by atoms with Gasteiger partial charge in [0, 0.05) is 0 Å². The number of thiocarbonyl (C=S) groups is 1. The summed E-state index contributed by atoms with van der Waals surface area (Å²) < 4.78 is 11.4. The van der Waals surface area contributed by atoms with Gasteiger partial charge in [-0.05, 0) is 0 Å². The molecule has 0 atom stereocenters. The Labute approximate surface area is 33.7 Å². The Morgan fingerprint density at radius 2 is 2.25 bits per heavy atom. The van der Waals surface area contributed by atoms with Crippen LogP contribution in [0.3, 0.4) is 0 Å². The van der Waals surface area contributed by atoms with Gasteiger partial charge in [0.25, 0.3) is 0 Å². The van der Waals surface area contributed by atoms with Gasteiger partial charge in [0.15, 0.2) is 0 Å². The molecule has 0 spiro atoms. The second-order valence-electron chi connectivity index (χ2n) is 0.185. The van der Waals surface area contributed by atoms with Crippen molar-refractivity contribution in [3.63, 3.8) is 0 Å². The average molecular weight is 96.2 g/mol. The number of halogens is 1. The quantitative estimate of drug-likeness (QED) is 0.454. The van der Waals surface area contributed by atoms with Gasteiger partial charge < -0.3 is 0 Å². The minimum atomic E-state index is 0.0463. The van der Waals surface area contributed by atoms with Gasteiger partial charge in [-0.25, -0.2) is 0 Å². The Bertz CT molecular complexity index is 20.0. The number of rotatable bonds is 1. The second kappa shape index (κ2) is 3.37. The van der Waals surface area contributed by atoms with E-state index in [0.717, 1.165) is 4.70 Å². The van der Waals surface area contributed by atoms with Crippen LogP contribution in [0.15, 0.2) is 0 Å². The summed E-state index contributed by atoms with van der Waals surface area (Å²) in [7, 11) is 0.